The van der Waals surface area contributed by atoms with Crippen LogP contribution in [0.25, 0.3) is 0 Å². The first kappa shape index (κ1) is 10.4. The molecule has 0 radical (unpaired) electrons. The van der Waals surface area contributed by atoms with Crippen LogP contribution in [-0.4, -0.2) is 22.4 Å². The number of pyridine rings is 1. The minimum absolute atomic E-state index is 0.0359. The summed E-state index contributed by atoms with van der Waals surface area (Å²) in [4.78, 5) is 11.5. The van der Waals surface area contributed by atoms with Gasteiger partial charge in [0.05, 0.1) is 19.3 Å². The maximum Gasteiger partial charge on any atom is 0.250 e. The molecule has 0 aromatic carbocycles. The highest BCUT2D eigenvalue weighted by Crippen LogP contribution is 2.13. The van der Waals surface area contributed by atoms with Crippen molar-refractivity contribution in [3.8, 4) is 0 Å². The SMILES string of the molecule is O=c1ccc(CO)cn1CC1CCCO1. The molecule has 4 heteroatoms. The van der Waals surface area contributed by atoms with Crippen LogP contribution in [0.5, 0.6) is 0 Å². The van der Waals surface area contributed by atoms with Crippen LogP contribution in [0, 0.1) is 0 Å². The summed E-state index contributed by atoms with van der Waals surface area (Å²) in [6.07, 6.45) is 3.93. The molecule has 0 saturated carbocycles. The van der Waals surface area contributed by atoms with Gasteiger partial charge in [-0.05, 0) is 24.5 Å². The minimum atomic E-state index is -0.0392. The number of hydrogen-bond donors (Lipinski definition) is 1. The molecular formula is C11H15NO3. The summed E-state index contributed by atoms with van der Waals surface area (Å²) < 4.78 is 7.08. The molecule has 1 aromatic rings. The van der Waals surface area contributed by atoms with E-state index in [0.717, 1.165) is 25.0 Å². The summed E-state index contributed by atoms with van der Waals surface area (Å²) in [5.41, 5.74) is 0.718. The van der Waals surface area contributed by atoms with Gasteiger partial charge < -0.3 is 14.4 Å². The molecule has 1 fully saturated rings. The number of aliphatic hydroxyl groups excluding tert-OH is 1. The maximum absolute atomic E-state index is 11.5. The largest absolute Gasteiger partial charge is 0.392 e. The first-order valence-electron chi connectivity index (χ1n) is 5.21. The average molecular weight is 209 g/mol. The van der Waals surface area contributed by atoms with Crippen LogP contribution in [0.1, 0.15) is 18.4 Å². The zero-order chi connectivity index (χ0) is 10.7. The topological polar surface area (TPSA) is 51.5 Å². The van der Waals surface area contributed by atoms with E-state index in [0.29, 0.717) is 6.54 Å². The summed E-state index contributed by atoms with van der Waals surface area (Å²) in [5, 5.41) is 8.97. The molecule has 0 spiro atoms. The van der Waals surface area contributed by atoms with Crippen LogP contribution in [0.15, 0.2) is 23.1 Å². The van der Waals surface area contributed by atoms with Gasteiger partial charge in [0.15, 0.2) is 0 Å². The van der Waals surface area contributed by atoms with E-state index in [9.17, 15) is 4.79 Å². The molecule has 1 aliphatic heterocycles. The van der Waals surface area contributed by atoms with Gasteiger partial charge in [0.2, 0.25) is 0 Å². The highest BCUT2D eigenvalue weighted by molar-refractivity contribution is 5.08. The summed E-state index contributed by atoms with van der Waals surface area (Å²) in [5.74, 6) is 0. The Morgan fingerprint density at radius 3 is 3.07 bits per heavy atom. The quantitative estimate of drug-likeness (QED) is 0.789. The van der Waals surface area contributed by atoms with Crippen LogP contribution in [0.4, 0.5) is 0 Å². The van der Waals surface area contributed by atoms with Crippen molar-refractivity contribution in [3.63, 3.8) is 0 Å². The molecule has 0 bridgehead atoms. The Morgan fingerprint density at radius 1 is 1.53 bits per heavy atom. The van der Waals surface area contributed by atoms with E-state index in [1.54, 1.807) is 16.8 Å². The maximum atomic E-state index is 11.5. The van der Waals surface area contributed by atoms with Crippen molar-refractivity contribution in [1.29, 1.82) is 0 Å². The van der Waals surface area contributed by atoms with Gasteiger partial charge in [-0.1, -0.05) is 0 Å². The fourth-order valence-electron chi connectivity index (χ4n) is 1.82. The van der Waals surface area contributed by atoms with Crippen molar-refractivity contribution in [2.75, 3.05) is 6.61 Å². The molecule has 1 N–H and O–H groups in total. The van der Waals surface area contributed by atoms with Crippen molar-refractivity contribution in [2.24, 2.45) is 0 Å². The van der Waals surface area contributed by atoms with Crippen molar-refractivity contribution in [3.05, 3.63) is 34.2 Å². The number of aliphatic hydroxyl groups is 1. The van der Waals surface area contributed by atoms with Crippen molar-refractivity contribution in [1.82, 2.24) is 4.57 Å². The fourth-order valence-corrected chi connectivity index (χ4v) is 1.82. The van der Waals surface area contributed by atoms with Gasteiger partial charge in [-0.25, -0.2) is 0 Å². The lowest BCUT2D eigenvalue weighted by atomic mass is 10.2. The fraction of sp³-hybridized carbons (Fsp3) is 0.545. The number of ether oxygens (including phenoxy) is 1. The Morgan fingerprint density at radius 2 is 2.40 bits per heavy atom. The zero-order valence-electron chi connectivity index (χ0n) is 8.56. The van der Waals surface area contributed by atoms with E-state index in [-0.39, 0.29) is 18.3 Å². The number of rotatable bonds is 3. The lowest BCUT2D eigenvalue weighted by Crippen LogP contribution is -2.25. The van der Waals surface area contributed by atoms with Crippen LogP contribution < -0.4 is 5.56 Å². The third kappa shape index (κ3) is 2.46. The van der Waals surface area contributed by atoms with E-state index in [1.165, 1.54) is 6.07 Å². The molecule has 1 saturated heterocycles. The third-order valence-electron chi connectivity index (χ3n) is 2.65. The monoisotopic (exact) mass is 209 g/mol. The van der Waals surface area contributed by atoms with Gasteiger partial charge in [-0.3, -0.25) is 4.79 Å². The van der Waals surface area contributed by atoms with E-state index in [2.05, 4.69) is 0 Å². The molecule has 0 aliphatic carbocycles. The minimum Gasteiger partial charge on any atom is -0.392 e. The van der Waals surface area contributed by atoms with Gasteiger partial charge in [0.25, 0.3) is 5.56 Å². The normalized spacial score (nSPS) is 20.7. The van der Waals surface area contributed by atoms with Crippen LogP contribution in [0.2, 0.25) is 0 Å². The summed E-state index contributed by atoms with van der Waals surface area (Å²) >= 11 is 0. The lowest BCUT2D eigenvalue weighted by molar-refractivity contribution is 0.0960. The molecule has 1 aromatic heterocycles. The molecule has 15 heavy (non-hydrogen) atoms. The van der Waals surface area contributed by atoms with Crippen LogP contribution in [-0.2, 0) is 17.9 Å². The van der Waals surface area contributed by atoms with Crippen LogP contribution >= 0.6 is 0 Å². The second-order valence-corrected chi connectivity index (χ2v) is 3.82. The molecule has 1 unspecified atom stereocenters. The summed E-state index contributed by atoms with van der Waals surface area (Å²) in [6, 6.07) is 3.13. The standard InChI is InChI=1S/C11H15NO3/c13-8-9-3-4-11(14)12(6-9)7-10-2-1-5-15-10/h3-4,6,10,13H,1-2,5,7-8H2. The van der Waals surface area contributed by atoms with Gasteiger partial charge in [-0.2, -0.15) is 0 Å². The van der Waals surface area contributed by atoms with E-state index in [1.807, 2.05) is 0 Å². The molecule has 2 heterocycles. The van der Waals surface area contributed by atoms with Gasteiger partial charge in [0.1, 0.15) is 0 Å². The highest BCUT2D eigenvalue weighted by atomic mass is 16.5. The van der Waals surface area contributed by atoms with Gasteiger partial charge >= 0.3 is 0 Å². The van der Waals surface area contributed by atoms with Crippen molar-refractivity contribution in [2.45, 2.75) is 32.1 Å². The van der Waals surface area contributed by atoms with Crippen molar-refractivity contribution < 1.29 is 9.84 Å². The molecule has 0 amide bonds. The second-order valence-electron chi connectivity index (χ2n) is 3.82. The van der Waals surface area contributed by atoms with E-state index >= 15 is 0 Å². The van der Waals surface area contributed by atoms with Gasteiger partial charge in [0, 0.05) is 18.9 Å². The number of aromatic nitrogens is 1. The Labute approximate surface area is 88.1 Å². The Hall–Kier alpha value is -1.13. The highest BCUT2D eigenvalue weighted by Gasteiger charge is 2.16. The van der Waals surface area contributed by atoms with E-state index in [4.69, 9.17) is 9.84 Å². The Bertz CT molecular complexity index is 380. The molecule has 2 rings (SSSR count). The molecule has 1 aliphatic rings. The molecular weight excluding hydrogens is 194 g/mol. The first-order valence-corrected chi connectivity index (χ1v) is 5.21. The van der Waals surface area contributed by atoms with Crippen LogP contribution in [0.3, 0.4) is 0 Å². The predicted octanol–water partition coefficient (Wildman–Crippen LogP) is 0.520. The number of hydrogen-bond acceptors (Lipinski definition) is 3. The predicted molar refractivity (Wildman–Crippen MR) is 55.6 cm³/mol. The smallest absolute Gasteiger partial charge is 0.250 e. The Kier molecular flexibility index (Phi) is 3.18. The Balaban J connectivity index is 2.15. The molecule has 4 nitrogen and oxygen atoms in total. The average Bonchev–Trinajstić information content (AvgIpc) is 2.74. The lowest BCUT2D eigenvalue weighted by Gasteiger charge is -2.12. The first-order chi connectivity index (χ1) is 7.29. The van der Waals surface area contributed by atoms with E-state index < -0.39 is 0 Å². The summed E-state index contributed by atoms with van der Waals surface area (Å²) in [7, 11) is 0. The molecule has 82 valence electrons. The third-order valence-corrected chi connectivity index (χ3v) is 2.65. The second kappa shape index (κ2) is 4.59. The number of nitrogens with zero attached hydrogens (tertiary/aromatic N) is 1. The van der Waals surface area contributed by atoms with Crippen molar-refractivity contribution >= 4 is 0 Å². The van der Waals surface area contributed by atoms with Gasteiger partial charge in [-0.15, -0.1) is 0 Å². The summed E-state index contributed by atoms with van der Waals surface area (Å²) in [6.45, 7) is 1.34. The zero-order valence-corrected chi connectivity index (χ0v) is 8.56. The molecule has 1 atom stereocenters.